The Kier molecular flexibility index (Phi) is 7.14. The zero-order valence-corrected chi connectivity index (χ0v) is 11.2. The molecule has 0 saturated heterocycles. The third-order valence-corrected chi connectivity index (χ3v) is 2.73. The molecular weight excluding hydrogens is 224 g/mol. The lowest BCUT2D eigenvalue weighted by molar-refractivity contribution is 0.317. The maximum atomic E-state index is 5.79. The number of nitrogens with two attached hydrogens (primary N) is 1. The summed E-state index contributed by atoms with van der Waals surface area (Å²) in [4.78, 5) is 0. The number of hydrogen-bond donors (Lipinski definition) is 2. The van der Waals surface area contributed by atoms with E-state index in [1.807, 2.05) is 18.2 Å². The van der Waals surface area contributed by atoms with E-state index in [2.05, 4.69) is 31.0 Å². The van der Waals surface area contributed by atoms with Crippen LogP contribution in [0.15, 0.2) is 36.9 Å². The predicted molar refractivity (Wildman–Crippen MR) is 76.8 cm³/mol. The molecule has 3 heteroatoms. The van der Waals surface area contributed by atoms with Crippen molar-refractivity contribution in [2.24, 2.45) is 5.73 Å². The van der Waals surface area contributed by atoms with Crippen molar-refractivity contribution < 1.29 is 4.74 Å². The Morgan fingerprint density at radius 2 is 2.11 bits per heavy atom. The van der Waals surface area contributed by atoms with Crippen molar-refractivity contribution in [2.45, 2.75) is 25.8 Å². The minimum absolute atomic E-state index is 0.199. The molecule has 3 nitrogen and oxygen atoms in total. The van der Waals surface area contributed by atoms with Gasteiger partial charge in [-0.25, -0.2) is 0 Å². The fourth-order valence-corrected chi connectivity index (χ4v) is 1.71. The maximum Gasteiger partial charge on any atom is 0.119 e. The van der Waals surface area contributed by atoms with Crippen molar-refractivity contribution in [2.75, 3.05) is 19.7 Å². The van der Waals surface area contributed by atoms with Crippen LogP contribution in [0.2, 0.25) is 0 Å². The number of benzene rings is 1. The summed E-state index contributed by atoms with van der Waals surface area (Å²) in [7, 11) is 0. The van der Waals surface area contributed by atoms with Gasteiger partial charge in [0.1, 0.15) is 5.75 Å². The number of ether oxygens (including phenoxy) is 1. The van der Waals surface area contributed by atoms with Crippen molar-refractivity contribution in [1.29, 1.82) is 0 Å². The highest BCUT2D eigenvalue weighted by Gasteiger charge is 2.08. The molecule has 1 rings (SSSR count). The van der Waals surface area contributed by atoms with Gasteiger partial charge in [0.15, 0.2) is 0 Å². The lowest BCUT2D eigenvalue weighted by Gasteiger charge is -2.17. The van der Waals surface area contributed by atoms with Gasteiger partial charge in [-0.1, -0.05) is 25.1 Å². The van der Waals surface area contributed by atoms with E-state index in [9.17, 15) is 0 Å². The Morgan fingerprint density at radius 1 is 1.39 bits per heavy atom. The Balaban J connectivity index is 2.54. The van der Waals surface area contributed by atoms with Gasteiger partial charge in [0.25, 0.3) is 0 Å². The predicted octanol–water partition coefficient (Wildman–Crippen LogP) is 2.64. The van der Waals surface area contributed by atoms with E-state index in [-0.39, 0.29) is 6.04 Å². The average molecular weight is 248 g/mol. The molecule has 0 spiro atoms. The molecule has 1 unspecified atom stereocenters. The highest BCUT2D eigenvalue weighted by molar-refractivity contribution is 5.29. The molecule has 0 aliphatic carbocycles. The van der Waals surface area contributed by atoms with Crippen molar-refractivity contribution in [3.8, 4) is 5.75 Å². The minimum atomic E-state index is 0.199. The summed E-state index contributed by atoms with van der Waals surface area (Å²) < 4.78 is 5.56. The van der Waals surface area contributed by atoms with Crippen LogP contribution >= 0.6 is 0 Å². The van der Waals surface area contributed by atoms with Gasteiger partial charge in [-0.15, -0.1) is 6.58 Å². The summed E-state index contributed by atoms with van der Waals surface area (Å²) in [5.74, 6) is 0.919. The summed E-state index contributed by atoms with van der Waals surface area (Å²) in [5.41, 5.74) is 6.99. The molecule has 3 N–H and O–H groups in total. The summed E-state index contributed by atoms with van der Waals surface area (Å²) >= 11 is 0. The van der Waals surface area contributed by atoms with Crippen LogP contribution in [0, 0.1) is 0 Å². The van der Waals surface area contributed by atoms with Gasteiger partial charge in [0, 0.05) is 12.6 Å². The topological polar surface area (TPSA) is 47.3 Å². The summed E-state index contributed by atoms with van der Waals surface area (Å²) in [5, 5.41) is 3.41. The van der Waals surface area contributed by atoms with Gasteiger partial charge in [0.05, 0.1) is 6.61 Å². The van der Waals surface area contributed by atoms with Gasteiger partial charge < -0.3 is 15.8 Å². The van der Waals surface area contributed by atoms with Gasteiger partial charge in [-0.05, 0) is 37.1 Å². The van der Waals surface area contributed by atoms with Crippen molar-refractivity contribution in [1.82, 2.24) is 5.32 Å². The first-order valence-electron chi connectivity index (χ1n) is 6.59. The molecule has 0 radical (unpaired) electrons. The minimum Gasteiger partial charge on any atom is -0.494 e. The second kappa shape index (κ2) is 8.72. The normalized spacial score (nSPS) is 12.1. The molecule has 1 aromatic carbocycles. The van der Waals surface area contributed by atoms with E-state index in [0.29, 0.717) is 6.54 Å². The molecule has 0 aromatic heterocycles. The molecule has 1 atom stereocenters. The largest absolute Gasteiger partial charge is 0.494 e. The molecule has 1 aromatic rings. The first-order valence-corrected chi connectivity index (χ1v) is 6.59. The standard InChI is InChI=1S/C15H24N2O/c1-3-5-10-17-15(12-16)13-6-8-14(9-7-13)18-11-4-2/h3,6-9,15,17H,1,4-5,10-12,16H2,2H3. The second-order valence-corrected chi connectivity index (χ2v) is 4.24. The van der Waals surface area contributed by atoms with E-state index in [0.717, 1.165) is 31.7 Å². The van der Waals surface area contributed by atoms with Gasteiger partial charge in [0.2, 0.25) is 0 Å². The molecule has 0 aliphatic heterocycles. The monoisotopic (exact) mass is 248 g/mol. The fraction of sp³-hybridized carbons (Fsp3) is 0.467. The summed E-state index contributed by atoms with van der Waals surface area (Å²) in [6, 6.07) is 8.35. The van der Waals surface area contributed by atoms with E-state index in [1.165, 1.54) is 5.56 Å². The highest BCUT2D eigenvalue weighted by Crippen LogP contribution is 2.17. The van der Waals surface area contributed by atoms with Crippen LogP contribution in [0.5, 0.6) is 5.75 Å². The molecule has 100 valence electrons. The summed E-state index contributed by atoms with van der Waals surface area (Å²) in [6.45, 7) is 8.06. The van der Waals surface area contributed by atoms with E-state index >= 15 is 0 Å². The van der Waals surface area contributed by atoms with Crippen LogP contribution in [0.25, 0.3) is 0 Å². The smallest absolute Gasteiger partial charge is 0.119 e. The van der Waals surface area contributed by atoms with Crippen molar-refractivity contribution in [3.05, 3.63) is 42.5 Å². The number of nitrogens with one attached hydrogen (secondary N) is 1. The first kappa shape index (κ1) is 14.7. The van der Waals surface area contributed by atoms with Crippen LogP contribution in [0.3, 0.4) is 0 Å². The summed E-state index contributed by atoms with van der Waals surface area (Å²) in [6.07, 6.45) is 3.88. The Bertz CT molecular complexity index is 335. The molecule has 0 aliphatic rings. The molecule has 18 heavy (non-hydrogen) atoms. The van der Waals surface area contributed by atoms with Crippen LogP contribution in [-0.4, -0.2) is 19.7 Å². The van der Waals surface area contributed by atoms with Crippen molar-refractivity contribution in [3.63, 3.8) is 0 Å². The molecule has 0 fully saturated rings. The molecule has 0 amide bonds. The van der Waals surface area contributed by atoms with E-state index in [1.54, 1.807) is 0 Å². The lowest BCUT2D eigenvalue weighted by atomic mass is 10.1. The average Bonchev–Trinajstić information content (AvgIpc) is 2.42. The van der Waals surface area contributed by atoms with Crippen LogP contribution in [0.1, 0.15) is 31.4 Å². The lowest BCUT2D eigenvalue weighted by Crippen LogP contribution is -2.28. The van der Waals surface area contributed by atoms with Gasteiger partial charge >= 0.3 is 0 Å². The number of rotatable bonds is 9. The fourth-order valence-electron chi connectivity index (χ4n) is 1.71. The second-order valence-electron chi connectivity index (χ2n) is 4.24. The van der Waals surface area contributed by atoms with Gasteiger partial charge in [-0.2, -0.15) is 0 Å². The van der Waals surface area contributed by atoms with Crippen molar-refractivity contribution >= 4 is 0 Å². The number of hydrogen-bond acceptors (Lipinski definition) is 3. The highest BCUT2D eigenvalue weighted by atomic mass is 16.5. The molecule has 0 saturated carbocycles. The Hall–Kier alpha value is -1.32. The third-order valence-electron chi connectivity index (χ3n) is 2.73. The van der Waals surface area contributed by atoms with E-state index < -0.39 is 0 Å². The van der Waals surface area contributed by atoms with Crippen LogP contribution in [-0.2, 0) is 0 Å². The molecular formula is C15H24N2O. The Morgan fingerprint density at radius 3 is 2.67 bits per heavy atom. The quantitative estimate of drug-likeness (QED) is 0.522. The molecule has 0 bridgehead atoms. The van der Waals surface area contributed by atoms with Gasteiger partial charge in [-0.3, -0.25) is 0 Å². The maximum absolute atomic E-state index is 5.79. The zero-order valence-electron chi connectivity index (χ0n) is 11.2. The first-order chi connectivity index (χ1) is 8.81. The Labute approximate surface area is 110 Å². The van der Waals surface area contributed by atoms with Crippen LogP contribution < -0.4 is 15.8 Å². The zero-order chi connectivity index (χ0) is 13.2. The van der Waals surface area contributed by atoms with Crippen LogP contribution in [0.4, 0.5) is 0 Å². The van der Waals surface area contributed by atoms with E-state index in [4.69, 9.17) is 10.5 Å². The third kappa shape index (κ3) is 4.90. The molecule has 0 heterocycles. The SMILES string of the molecule is C=CCCNC(CN)c1ccc(OCCC)cc1.